The van der Waals surface area contributed by atoms with Crippen molar-refractivity contribution in [3.63, 3.8) is 0 Å². The van der Waals surface area contributed by atoms with Crippen LogP contribution in [-0.2, 0) is 75.8 Å². The van der Waals surface area contributed by atoms with Crippen LogP contribution in [-0.4, -0.2) is 174 Å². The number of nitrogen functional groups attached to an aromatic ring is 2. The van der Waals surface area contributed by atoms with Crippen LogP contribution in [0.5, 0.6) is 0 Å². The molecule has 0 bridgehead atoms. The quantitative estimate of drug-likeness (QED) is 0.0231. The molecule has 0 radical (unpaired) electrons. The molecule has 8 rings (SSSR count). The molecule has 3 fully saturated rings. The predicted molar refractivity (Wildman–Crippen MR) is 251 cm³/mol. The number of H-pyrrole nitrogens is 2. The number of aromatic amines is 2. The summed E-state index contributed by atoms with van der Waals surface area (Å²) < 4.78 is 109. The van der Waals surface area contributed by atoms with Gasteiger partial charge in [-0.2, -0.15) is 8.62 Å². The van der Waals surface area contributed by atoms with E-state index in [1.165, 1.54) is 46.1 Å². The number of ether oxygens (including phenoxy) is 4. The van der Waals surface area contributed by atoms with Crippen molar-refractivity contribution in [2.24, 2.45) is 13.0 Å². The topological polar surface area (TPSA) is 530 Å². The number of nitrogens with two attached hydrogens (primary N) is 2. The molecule has 8 heterocycles. The Labute approximate surface area is 435 Å². The molecule has 16 atom stereocenters. The van der Waals surface area contributed by atoms with Gasteiger partial charge in [0.05, 0.1) is 39.3 Å². The number of hydrogen-bond acceptors (Lipinski definition) is 28. The Bertz CT molecular complexity index is 3430. The number of methoxy groups -OCH3 is 1. The Balaban J connectivity index is 0.950. The number of phosphoric ester groups is 3. The zero-order chi connectivity index (χ0) is 57.0. The molecule has 3 aliphatic rings. The van der Waals surface area contributed by atoms with E-state index in [4.69, 9.17) is 48.5 Å². The second-order valence-corrected chi connectivity index (χ2v) is 23.7. The van der Waals surface area contributed by atoms with Gasteiger partial charge in [-0.05, 0) is 6.42 Å². The van der Waals surface area contributed by atoms with Gasteiger partial charge in [-0.3, -0.25) is 51.7 Å². The van der Waals surface area contributed by atoms with Crippen LogP contribution < -0.4 is 37.7 Å². The first-order valence-electron chi connectivity index (χ1n) is 22.6. The third kappa shape index (κ3) is 12.7. The maximum Gasteiger partial charge on any atom is 0.490 e. The van der Waals surface area contributed by atoms with Gasteiger partial charge in [0.1, 0.15) is 54.6 Å². The van der Waals surface area contributed by atoms with E-state index in [-0.39, 0.29) is 46.9 Å². The minimum absolute atomic E-state index is 0.00413. The molecular formula is C36H51N13O25P4. The summed E-state index contributed by atoms with van der Waals surface area (Å²) in [7, 11) is -18.3. The highest BCUT2D eigenvalue weighted by atomic mass is 31.3. The standard InChI is InChI=1S/C36H51N13O25P4/c1-45(2)20(51)6-5-15-16(69-32(23(15)52)49-14-46(3)22-30(49)43-35(38)44-31(22)55)9-67-76(59,60)73-78(63,64)74-77(61,62)68-11-18-26(27(65-4)34(71-18)48-13-41-21-28(37)39-12-40-29(21)48)72-75(57,58)66-10-17-24(53)25(54)33(70-17)47-8-7-19(50)42-36(47)56/h7-8,12-18,23-27,32-34,52-54H,5-6,9-11H2,1-4H3,(H9-,37,38,39,40,42,43,44,50,55,56,57,58,59,60,61,62,63,64)/t15-,16-,17-,18-,23-,24-,25-,26-,27-,32?,33-,34-/m1/s1. The number of aliphatic hydroxyl groups excluding tert-OH is 3. The maximum atomic E-state index is 13.5. The van der Waals surface area contributed by atoms with E-state index in [1.807, 2.05) is 4.98 Å². The van der Waals surface area contributed by atoms with Crippen molar-refractivity contribution in [1.29, 1.82) is 0 Å². The molecule has 5 aromatic heterocycles. The smallest absolute Gasteiger partial charge is 0.490 e. The van der Waals surface area contributed by atoms with E-state index in [0.29, 0.717) is 4.57 Å². The zero-order valence-corrected chi connectivity index (χ0v) is 44.3. The van der Waals surface area contributed by atoms with Gasteiger partial charge in [-0.15, -0.1) is 0 Å². The van der Waals surface area contributed by atoms with Crippen LogP contribution >= 0.6 is 31.3 Å². The first-order chi connectivity index (χ1) is 36.5. The number of aromatic nitrogens is 10. The molecule has 0 aromatic carbocycles. The molecule has 0 aliphatic carbocycles. The Hall–Kier alpha value is -5.11. The summed E-state index contributed by atoms with van der Waals surface area (Å²) in [4.78, 5) is 116. The molecule has 5 unspecified atom stereocenters. The minimum Gasteiger partial charge on any atom is -0.756 e. The zero-order valence-electron chi connectivity index (χ0n) is 40.8. The average Bonchev–Trinajstić information content (AvgIpc) is 4.17. The van der Waals surface area contributed by atoms with Crippen molar-refractivity contribution in [2.75, 3.05) is 52.5 Å². The first kappa shape index (κ1) is 59.0. The molecule has 12 N–H and O–H groups in total. The van der Waals surface area contributed by atoms with Crippen LogP contribution in [0.25, 0.3) is 22.3 Å². The van der Waals surface area contributed by atoms with E-state index in [0.717, 1.165) is 32.0 Å². The van der Waals surface area contributed by atoms with Gasteiger partial charge in [0, 0.05) is 45.8 Å². The van der Waals surface area contributed by atoms with Crippen molar-refractivity contribution in [1.82, 2.24) is 48.5 Å². The number of fused-ring (bicyclic) bond motifs is 2. The Morgan fingerprint density at radius 1 is 0.846 bits per heavy atom. The molecule has 430 valence electrons. The van der Waals surface area contributed by atoms with Crippen LogP contribution in [0.15, 0.2) is 45.6 Å². The summed E-state index contributed by atoms with van der Waals surface area (Å²) >= 11 is 0. The SMILES string of the molecule is CO[C@@H]1[C@H](OP(=O)([O-])OC[C@H]2O[C@@H](n3ccc(=O)[nH]c3=O)[C@H](O)[C@@H]2O)[C@@H](COP(=O)(O)OP(=O)(O)OP(=O)(O)OC[C@H]2OC([n+]3cn(C)c4c(=O)[nH]c(N)nc43)[C@H](O)[C@@H]2CCC(=O)N(C)C)O[C@H]1n1cnc2c(N)ncnc21. The van der Waals surface area contributed by atoms with E-state index in [2.05, 4.69) is 33.5 Å². The van der Waals surface area contributed by atoms with Gasteiger partial charge >= 0.3 is 34.8 Å². The number of anilines is 2. The molecule has 3 saturated heterocycles. The number of rotatable bonds is 22. The summed E-state index contributed by atoms with van der Waals surface area (Å²) in [6, 6.07) is 0.912. The average molecular weight is 1190 g/mol. The molecule has 3 aliphatic heterocycles. The minimum atomic E-state index is -6.24. The number of phosphoric acid groups is 4. The van der Waals surface area contributed by atoms with Crippen LogP contribution in [0.4, 0.5) is 11.8 Å². The summed E-state index contributed by atoms with van der Waals surface area (Å²) in [5.41, 5.74) is 9.16. The third-order valence-corrected chi connectivity index (χ3v) is 17.5. The normalized spacial score (nSPS) is 29.6. The van der Waals surface area contributed by atoms with Crippen LogP contribution in [0.1, 0.15) is 31.5 Å². The first-order valence-corrected chi connectivity index (χ1v) is 28.5. The molecule has 5 aromatic rings. The number of aryl methyl sites for hydroxylation is 1. The lowest BCUT2D eigenvalue weighted by Crippen LogP contribution is -2.45. The number of aliphatic hydroxyl groups is 3. The van der Waals surface area contributed by atoms with Gasteiger partial charge in [-0.25, -0.2) is 38.0 Å². The van der Waals surface area contributed by atoms with E-state index in [9.17, 15) is 72.3 Å². The predicted octanol–water partition coefficient (Wildman–Crippen LogP) is -4.38. The second kappa shape index (κ2) is 22.8. The Kier molecular flexibility index (Phi) is 17.2. The second-order valence-electron chi connectivity index (χ2n) is 17.7. The van der Waals surface area contributed by atoms with Crippen LogP contribution in [0.2, 0.25) is 0 Å². The van der Waals surface area contributed by atoms with Crippen molar-refractivity contribution in [3.8, 4) is 0 Å². The fourth-order valence-electron chi connectivity index (χ4n) is 8.74. The van der Waals surface area contributed by atoms with E-state index >= 15 is 0 Å². The lowest BCUT2D eigenvalue weighted by atomic mass is 9.92. The van der Waals surface area contributed by atoms with Crippen LogP contribution in [0.3, 0.4) is 0 Å². The lowest BCUT2D eigenvalue weighted by molar-refractivity contribution is -0.745. The third-order valence-electron chi connectivity index (χ3n) is 12.3. The van der Waals surface area contributed by atoms with Gasteiger partial charge in [0.2, 0.25) is 17.7 Å². The number of carbonyl (C=O) groups is 1. The number of imidazole rings is 2. The van der Waals surface area contributed by atoms with Crippen LogP contribution in [0, 0.1) is 5.92 Å². The molecule has 1 amide bonds. The molecule has 42 heteroatoms. The maximum absolute atomic E-state index is 13.5. The molecular weight excluding hydrogens is 1140 g/mol. The van der Waals surface area contributed by atoms with Gasteiger partial charge in [0.25, 0.3) is 24.9 Å². The molecule has 0 saturated carbocycles. The monoisotopic (exact) mass is 1190 g/mol. The molecule has 78 heavy (non-hydrogen) atoms. The number of nitrogens with one attached hydrogen (secondary N) is 2. The van der Waals surface area contributed by atoms with E-state index in [1.54, 1.807) is 0 Å². The number of nitrogens with zero attached hydrogens (tertiary/aromatic N) is 9. The van der Waals surface area contributed by atoms with Gasteiger partial charge in [-0.1, -0.05) is 4.98 Å². The molecule has 0 spiro atoms. The Morgan fingerprint density at radius 2 is 1.50 bits per heavy atom. The highest BCUT2D eigenvalue weighted by Crippen LogP contribution is 2.68. The fraction of sp³-hybridized carbons (Fsp3) is 0.583. The number of hydrogen-bond donors (Lipinski definition) is 10. The summed E-state index contributed by atoms with van der Waals surface area (Å²) in [5.74, 6) is -1.88. The summed E-state index contributed by atoms with van der Waals surface area (Å²) in [6.07, 6.45) is -14.3. The number of amides is 1. The summed E-state index contributed by atoms with van der Waals surface area (Å²) in [5, 5.41) is 32.8. The number of carbonyl (C=O) groups excluding carboxylic acids is 1. The molecule has 38 nitrogen and oxygen atoms in total. The lowest BCUT2D eigenvalue weighted by Gasteiger charge is -2.31. The van der Waals surface area contributed by atoms with Crippen molar-refractivity contribution in [3.05, 3.63) is 62.4 Å². The Morgan fingerprint density at radius 3 is 2.15 bits per heavy atom. The summed E-state index contributed by atoms with van der Waals surface area (Å²) in [6.45, 7) is -3.40. The highest BCUT2D eigenvalue weighted by molar-refractivity contribution is 7.66. The van der Waals surface area contributed by atoms with Crippen molar-refractivity contribution >= 4 is 71.3 Å². The van der Waals surface area contributed by atoms with Crippen molar-refractivity contribution < 1.29 is 108 Å². The highest BCUT2D eigenvalue weighted by Gasteiger charge is 2.53. The van der Waals surface area contributed by atoms with E-state index < -0.39 is 147 Å². The van der Waals surface area contributed by atoms with Gasteiger partial charge < -0.3 is 79.3 Å². The largest absolute Gasteiger partial charge is 0.756 e. The van der Waals surface area contributed by atoms with Gasteiger partial charge in [0.15, 0.2) is 30.2 Å². The fourth-order valence-corrected chi connectivity index (χ4v) is 13.2. The van der Waals surface area contributed by atoms with Crippen molar-refractivity contribution in [2.45, 2.75) is 80.4 Å².